The van der Waals surface area contributed by atoms with E-state index < -0.39 is 41.2 Å². The number of aromatic nitrogens is 3. The number of pyridine rings is 1. The number of rotatable bonds is 9. The number of ether oxygens (including phenoxy) is 2. The van der Waals surface area contributed by atoms with Crippen molar-refractivity contribution in [2.24, 2.45) is 22.7 Å². The van der Waals surface area contributed by atoms with Gasteiger partial charge in [0.25, 0.3) is 0 Å². The highest BCUT2D eigenvalue weighted by molar-refractivity contribution is 6.04. The summed E-state index contributed by atoms with van der Waals surface area (Å²) in [6.07, 6.45) is 4.88. The Balaban J connectivity index is 1.07. The second kappa shape index (κ2) is 12.3. The fraction of sp³-hybridized carbons (Fsp3) is 0.512. The lowest BCUT2D eigenvalue weighted by atomic mass is 9.95. The lowest BCUT2D eigenvalue weighted by Crippen LogP contribution is -2.59. The largest absolute Gasteiger partial charge is 0.508 e. The Morgan fingerprint density at radius 3 is 2.34 bits per heavy atom. The van der Waals surface area contributed by atoms with Gasteiger partial charge in [0.05, 0.1) is 19.3 Å². The summed E-state index contributed by atoms with van der Waals surface area (Å²) in [6.45, 7) is 3.62. The molecule has 56 heavy (non-hydrogen) atoms. The van der Waals surface area contributed by atoms with Gasteiger partial charge in [-0.2, -0.15) is 23.1 Å². The molecule has 2 aromatic carbocycles. The summed E-state index contributed by atoms with van der Waals surface area (Å²) in [6, 6.07) is 4.07. The standard InChI is InChI=1S/C41H39F5N6O4/c1-3-27-29(42)7-4-21-13-26(53)14-28(30(21)27)33-32(43)34-31(36(47-33)55-2)35(49-38(48-34)56-20-39(8-9-39)19-50-15-22-12-23(22)16-50)51-17-24-5-6-25(18-51)52(24)37(54)40(10-11-40)41(44,45)46/h1,4,7,13-14,22-25,53H,5-6,8-12,15-20H2,2H3. The molecule has 4 aromatic rings. The number of piperazine rings is 1. The van der Waals surface area contributed by atoms with Crippen molar-refractivity contribution in [3.05, 3.63) is 41.5 Å². The Bertz CT molecular complexity index is 2350. The van der Waals surface area contributed by atoms with Gasteiger partial charge in [0.15, 0.2) is 5.82 Å². The van der Waals surface area contributed by atoms with Crippen molar-refractivity contribution in [2.75, 3.05) is 51.3 Å². The fourth-order valence-corrected chi connectivity index (χ4v) is 9.72. The van der Waals surface area contributed by atoms with Crippen molar-refractivity contribution in [1.82, 2.24) is 24.8 Å². The molecule has 10 nitrogen and oxygen atoms in total. The summed E-state index contributed by atoms with van der Waals surface area (Å²) < 4.78 is 86.7. The molecule has 6 fully saturated rings. The summed E-state index contributed by atoms with van der Waals surface area (Å²) in [4.78, 5) is 33.2. The average molecular weight is 775 g/mol. The molecule has 3 aliphatic heterocycles. The number of nitrogens with zero attached hydrogens (tertiary/aromatic N) is 6. The SMILES string of the molecule is C#Cc1c(F)ccc2cc(O)cc(-c3nc(OC)c4c(N5CC6CCC(C5)N6C(=O)C5(C(F)(F)F)CC5)nc(OCC5(CN6CC7CC7C6)CC5)nc4c3F)c12. The number of fused-ring (bicyclic) bond motifs is 5. The van der Waals surface area contributed by atoms with Gasteiger partial charge in [0.1, 0.15) is 39.4 Å². The van der Waals surface area contributed by atoms with Crippen LogP contribution in [0.25, 0.3) is 32.9 Å². The Hall–Kier alpha value is -4.97. The van der Waals surface area contributed by atoms with E-state index in [1.54, 1.807) is 0 Å². The number of likely N-dealkylation sites (tertiary alicyclic amines) is 1. The summed E-state index contributed by atoms with van der Waals surface area (Å²) in [5.74, 6) is 1.28. The molecule has 10 rings (SSSR count). The highest BCUT2D eigenvalue weighted by Crippen LogP contribution is 2.60. The molecule has 3 aliphatic carbocycles. The summed E-state index contributed by atoms with van der Waals surface area (Å²) in [5, 5.41) is 11.3. The first-order valence-corrected chi connectivity index (χ1v) is 19.2. The Kier molecular flexibility index (Phi) is 7.76. The minimum absolute atomic E-state index is 0.0113. The molecular weight excluding hydrogens is 735 g/mol. The molecule has 5 heterocycles. The van der Waals surface area contributed by atoms with Crippen molar-refractivity contribution in [3.63, 3.8) is 0 Å². The molecule has 292 valence electrons. The summed E-state index contributed by atoms with van der Waals surface area (Å²) >= 11 is 0. The number of carbonyl (C=O) groups excluding carboxylic acids is 1. The van der Waals surface area contributed by atoms with E-state index in [1.807, 2.05) is 4.90 Å². The van der Waals surface area contributed by atoms with Crippen LogP contribution in [0.2, 0.25) is 0 Å². The minimum atomic E-state index is -4.63. The quantitative estimate of drug-likeness (QED) is 0.152. The van der Waals surface area contributed by atoms with Crippen LogP contribution >= 0.6 is 0 Å². The second-order valence-electron chi connectivity index (χ2n) is 16.8. The highest BCUT2D eigenvalue weighted by atomic mass is 19.4. The number of hydrogen-bond donors (Lipinski definition) is 1. The van der Waals surface area contributed by atoms with Gasteiger partial charge in [-0.15, -0.1) is 6.42 Å². The van der Waals surface area contributed by atoms with Crippen LogP contribution in [0.5, 0.6) is 17.6 Å². The Morgan fingerprint density at radius 2 is 1.71 bits per heavy atom. The molecule has 3 saturated heterocycles. The van der Waals surface area contributed by atoms with Crippen molar-refractivity contribution in [1.29, 1.82) is 0 Å². The average Bonchev–Trinajstić information content (AvgIpc) is 4.12. The predicted molar refractivity (Wildman–Crippen MR) is 195 cm³/mol. The number of carbonyl (C=O) groups is 1. The van der Waals surface area contributed by atoms with Gasteiger partial charge in [-0.05, 0) is 80.4 Å². The van der Waals surface area contributed by atoms with Crippen molar-refractivity contribution < 1.29 is 41.3 Å². The molecule has 4 unspecified atom stereocenters. The van der Waals surface area contributed by atoms with Crippen molar-refractivity contribution in [3.8, 4) is 41.2 Å². The summed E-state index contributed by atoms with van der Waals surface area (Å²) in [7, 11) is 1.34. The molecule has 2 bridgehead atoms. The van der Waals surface area contributed by atoms with Crippen LogP contribution in [0.4, 0.5) is 27.8 Å². The number of benzene rings is 2. The number of phenols is 1. The first-order chi connectivity index (χ1) is 26.8. The van der Waals surface area contributed by atoms with Crippen LogP contribution in [-0.2, 0) is 4.79 Å². The van der Waals surface area contributed by atoms with Gasteiger partial charge in [0, 0.05) is 61.2 Å². The smallest absolute Gasteiger partial charge is 0.403 e. The fourth-order valence-electron chi connectivity index (χ4n) is 9.72. The van der Waals surface area contributed by atoms with E-state index in [2.05, 4.69) is 20.8 Å². The third-order valence-electron chi connectivity index (χ3n) is 13.2. The van der Waals surface area contributed by atoms with Gasteiger partial charge in [-0.3, -0.25) is 4.79 Å². The molecule has 1 N–H and O–H groups in total. The van der Waals surface area contributed by atoms with Gasteiger partial charge in [-0.25, -0.2) is 13.8 Å². The number of amides is 1. The normalized spacial score (nSPS) is 25.7. The zero-order chi connectivity index (χ0) is 38.9. The third kappa shape index (κ3) is 5.53. The monoisotopic (exact) mass is 774 g/mol. The molecular formula is C41H39F5N6O4. The van der Waals surface area contributed by atoms with Crippen LogP contribution in [0.1, 0.15) is 50.5 Å². The molecule has 15 heteroatoms. The third-order valence-corrected chi connectivity index (χ3v) is 13.2. The predicted octanol–water partition coefficient (Wildman–Crippen LogP) is 6.45. The topological polar surface area (TPSA) is 104 Å². The maximum atomic E-state index is 17.3. The van der Waals surface area contributed by atoms with Crippen LogP contribution in [0.15, 0.2) is 24.3 Å². The summed E-state index contributed by atoms with van der Waals surface area (Å²) in [5.41, 5.74) is -3.08. The van der Waals surface area contributed by atoms with E-state index in [0.717, 1.165) is 44.3 Å². The van der Waals surface area contributed by atoms with E-state index in [-0.39, 0.29) is 87.9 Å². The molecule has 0 spiro atoms. The minimum Gasteiger partial charge on any atom is -0.508 e. The molecule has 6 aliphatic rings. The highest BCUT2D eigenvalue weighted by Gasteiger charge is 2.70. The van der Waals surface area contributed by atoms with E-state index in [4.69, 9.17) is 20.9 Å². The number of methoxy groups -OCH3 is 1. The molecule has 1 amide bonds. The van der Waals surface area contributed by atoms with Crippen LogP contribution in [0, 0.1) is 46.6 Å². The number of terminal acetylenes is 1. The van der Waals surface area contributed by atoms with Gasteiger partial charge < -0.3 is 29.3 Å². The van der Waals surface area contributed by atoms with Gasteiger partial charge in [0.2, 0.25) is 11.8 Å². The Labute approximate surface area is 319 Å². The maximum Gasteiger partial charge on any atom is 0.403 e. The van der Waals surface area contributed by atoms with E-state index in [1.165, 1.54) is 42.7 Å². The van der Waals surface area contributed by atoms with E-state index in [9.17, 15) is 23.1 Å². The number of anilines is 1. The molecule has 3 saturated carbocycles. The molecule has 2 aromatic heterocycles. The first kappa shape index (κ1) is 35.4. The van der Waals surface area contributed by atoms with E-state index >= 15 is 8.78 Å². The van der Waals surface area contributed by atoms with Crippen molar-refractivity contribution >= 4 is 33.4 Å². The number of halogens is 5. The van der Waals surface area contributed by atoms with Gasteiger partial charge >= 0.3 is 12.2 Å². The van der Waals surface area contributed by atoms with Crippen LogP contribution in [0.3, 0.4) is 0 Å². The second-order valence-corrected chi connectivity index (χ2v) is 16.8. The molecule has 0 radical (unpaired) electrons. The number of phenolic OH excluding ortho intramolecular Hbond substituents is 1. The zero-order valence-electron chi connectivity index (χ0n) is 30.6. The number of hydrogen-bond acceptors (Lipinski definition) is 9. The first-order valence-electron chi connectivity index (χ1n) is 19.2. The van der Waals surface area contributed by atoms with Crippen LogP contribution in [-0.4, -0.2) is 100 Å². The van der Waals surface area contributed by atoms with E-state index in [0.29, 0.717) is 24.8 Å². The number of aromatic hydroxyl groups is 1. The number of piperidine rings is 1. The zero-order valence-corrected chi connectivity index (χ0v) is 30.6. The molecule has 4 atom stereocenters. The maximum absolute atomic E-state index is 17.3. The lowest BCUT2D eigenvalue weighted by molar-refractivity contribution is -0.200. The van der Waals surface area contributed by atoms with Gasteiger partial charge in [-0.1, -0.05) is 12.0 Å². The van der Waals surface area contributed by atoms with Crippen molar-refractivity contribution in [2.45, 2.75) is 63.2 Å². The number of alkyl halides is 3. The van der Waals surface area contributed by atoms with Crippen LogP contribution < -0.4 is 14.4 Å². The Morgan fingerprint density at radius 1 is 1.00 bits per heavy atom. The lowest BCUT2D eigenvalue weighted by Gasteiger charge is -2.43.